The summed E-state index contributed by atoms with van der Waals surface area (Å²) in [6.45, 7) is 2.89. The molecule has 1 heterocycles. The molecule has 0 radical (unpaired) electrons. The molecule has 4 nitrogen and oxygen atoms in total. The van der Waals surface area contributed by atoms with Gasteiger partial charge in [-0.3, -0.25) is 4.98 Å². The molecule has 1 fully saturated rings. The first-order chi connectivity index (χ1) is 8.15. The Morgan fingerprint density at radius 1 is 1.59 bits per heavy atom. The summed E-state index contributed by atoms with van der Waals surface area (Å²) in [6.07, 6.45) is 5.38. The van der Waals surface area contributed by atoms with Crippen molar-refractivity contribution in [3.8, 4) is 0 Å². The van der Waals surface area contributed by atoms with Crippen LogP contribution in [0.25, 0.3) is 0 Å². The SMILES string of the molecule is CC(CC1CC1)NCc1ccc(C(=O)O)cn1. The van der Waals surface area contributed by atoms with Gasteiger partial charge in [0, 0.05) is 18.8 Å². The van der Waals surface area contributed by atoms with E-state index in [4.69, 9.17) is 5.11 Å². The Balaban J connectivity index is 1.79. The monoisotopic (exact) mass is 234 g/mol. The number of hydrogen-bond acceptors (Lipinski definition) is 3. The van der Waals surface area contributed by atoms with Crippen molar-refractivity contribution in [2.24, 2.45) is 5.92 Å². The van der Waals surface area contributed by atoms with E-state index in [1.165, 1.54) is 25.5 Å². The van der Waals surface area contributed by atoms with Crippen LogP contribution in [0.5, 0.6) is 0 Å². The third-order valence-electron chi connectivity index (χ3n) is 3.09. The van der Waals surface area contributed by atoms with Gasteiger partial charge in [-0.25, -0.2) is 4.79 Å². The molecule has 17 heavy (non-hydrogen) atoms. The molecule has 1 aliphatic rings. The summed E-state index contributed by atoms with van der Waals surface area (Å²) in [6, 6.07) is 3.86. The number of aromatic nitrogens is 1. The molecule has 2 N–H and O–H groups in total. The van der Waals surface area contributed by atoms with Crippen molar-refractivity contribution >= 4 is 5.97 Å². The summed E-state index contributed by atoms with van der Waals surface area (Å²) in [5.41, 5.74) is 1.12. The number of pyridine rings is 1. The molecule has 0 aromatic carbocycles. The van der Waals surface area contributed by atoms with Crippen molar-refractivity contribution in [2.45, 2.75) is 38.8 Å². The normalized spacial score (nSPS) is 16.8. The zero-order valence-corrected chi connectivity index (χ0v) is 10.0. The number of carboxylic acids is 1. The predicted molar refractivity (Wildman–Crippen MR) is 64.8 cm³/mol. The smallest absolute Gasteiger partial charge is 0.337 e. The van der Waals surface area contributed by atoms with Gasteiger partial charge in [-0.15, -0.1) is 0 Å². The average molecular weight is 234 g/mol. The number of aromatic carboxylic acids is 1. The molecule has 0 amide bonds. The van der Waals surface area contributed by atoms with E-state index in [-0.39, 0.29) is 5.56 Å². The topological polar surface area (TPSA) is 62.2 Å². The van der Waals surface area contributed by atoms with E-state index in [0.717, 1.165) is 11.6 Å². The summed E-state index contributed by atoms with van der Waals surface area (Å²) in [7, 11) is 0. The minimum absolute atomic E-state index is 0.236. The lowest BCUT2D eigenvalue weighted by Crippen LogP contribution is -2.26. The zero-order chi connectivity index (χ0) is 12.3. The van der Waals surface area contributed by atoms with Crippen molar-refractivity contribution in [1.82, 2.24) is 10.3 Å². The fourth-order valence-electron chi connectivity index (χ4n) is 1.87. The van der Waals surface area contributed by atoms with Gasteiger partial charge in [-0.2, -0.15) is 0 Å². The largest absolute Gasteiger partial charge is 0.478 e. The Morgan fingerprint density at radius 2 is 2.35 bits per heavy atom. The van der Waals surface area contributed by atoms with E-state index in [9.17, 15) is 4.79 Å². The molecular formula is C13H18N2O2. The minimum atomic E-state index is -0.931. The minimum Gasteiger partial charge on any atom is -0.478 e. The quantitative estimate of drug-likeness (QED) is 0.791. The Morgan fingerprint density at radius 3 is 2.88 bits per heavy atom. The van der Waals surface area contributed by atoms with E-state index in [1.807, 2.05) is 0 Å². The van der Waals surface area contributed by atoms with Crippen molar-refractivity contribution in [1.29, 1.82) is 0 Å². The maximum atomic E-state index is 10.7. The van der Waals surface area contributed by atoms with Gasteiger partial charge < -0.3 is 10.4 Å². The Labute approximate surface area is 101 Å². The first kappa shape index (κ1) is 12.0. The molecule has 1 aromatic heterocycles. The van der Waals surface area contributed by atoms with E-state index < -0.39 is 5.97 Å². The molecule has 92 valence electrons. The van der Waals surface area contributed by atoms with E-state index >= 15 is 0 Å². The molecule has 2 rings (SSSR count). The number of rotatable bonds is 6. The van der Waals surface area contributed by atoms with E-state index in [1.54, 1.807) is 12.1 Å². The number of nitrogens with one attached hydrogen (secondary N) is 1. The summed E-state index contributed by atoms with van der Waals surface area (Å²) in [5, 5.41) is 12.2. The molecule has 0 saturated heterocycles. The highest BCUT2D eigenvalue weighted by Crippen LogP contribution is 2.33. The van der Waals surface area contributed by atoms with Gasteiger partial charge in [0.15, 0.2) is 0 Å². The van der Waals surface area contributed by atoms with Crippen molar-refractivity contribution in [2.75, 3.05) is 0 Å². The average Bonchev–Trinajstić information content (AvgIpc) is 3.11. The van der Waals surface area contributed by atoms with Gasteiger partial charge in [0.05, 0.1) is 11.3 Å². The second-order valence-electron chi connectivity index (χ2n) is 4.80. The predicted octanol–water partition coefficient (Wildman–Crippen LogP) is 2.06. The third-order valence-corrected chi connectivity index (χ3v) is 3.09. The second kappa shape index (κ2) is 5.27. The van der Waals surface area contributed by atoms with Crippen LogP contribution in [0.1, 0.15) is 42.2 Å². The highest BCUT2D eigenvalue weighted by atomic mass is 16.4. The first-order valence-corrected chi connectivity index (χ1v) is 6.07. The van der Waals surface area contributed by atoms with E-state index in [2.05, 4.69) is 17.2 Å². The Bertz CT molecular complexity index is 385. The summed E-state index contributed by atoms with van der Waals surface area (Å²) in [5.74, 6) is -0.0149. The van der Waals surface area contributed by atoms with Crippen molar-refractivity contribution < 1.29 is 9.90 Å². The highest BCUT2D eigenvalue weighted by molar-refractivity contribution is 5.87. The van der Waals surface area contributed by atoms with Gasteiger partial charge in [0.2, 0.25) is 0 Å². The Kier molecular flexibility index (Phi) is 3.74. The van der Waals surface area contributed by atoms with Crippen LogP contribution in [0.2, 0.25) is 0 Å². The van der Waals surface area contributed by atoms with Gasteiger partial charge >= 0.3 is 5.97 Å². The number of nitrogens with zero attached hydrogens (tertiary/aromatic N) is 1. The second-order valence-corrected chi connectivity index (χ2v) is 4.80. The fourth-order valence-corrected chi connectivity index (χ4v) is 1.87. The van der Waals surface area contributed by atoms with Crippen LogP contribution < -0.4 is 5.32 Å². The van der Waals surface area contributed by atoms with Crippen LogP contribution in [-0.2, 0) is 6.54 Å². The molecule has 1 atom stereocenters. The van der Waals surface area contributed by atoms with Crippen LogP contribution in [0.15, 0.2) is 18.3 Å². The molecule has 0 spiro atoms. The van der Waals surface area contributed by atoms with Crippen LogP contribution in [0.3, 0.4) is 0 Å². The van der Waals surface area contributed by atoms with Gasteiger partial charge in [0.1, 0.15) is 0 Å². The van der Waals surface area contributed by atoms with Crippen LogP contribution in [0.4, 0.5) is 0 Å². The zero-order valence-electron chi connectivity index (χ0n) is 10.0. The van der Waals surface area contributed by atoms with Gasteiger partial charge in [-0.05, 0) is 31.4 Å². The maximum absolute atomic E-state index is 10.7. The molecule has 0 aliphatic heterocycles. The van der Waals surface area contributed by atoms with Crippen LogP contribution in [-0.4, -0.2) is 22.1 Å². The summed E-state index contributed by atoms with van der Waals surface area (Å²) < 4.78 is 0. The maximum Gasteiger partial charge on any atom is 0.337 e. The number of carbonyl (C=O) groups is 1. The highest BCUT2D eigenvalue weighted by Gasteiger charge is 2.23. The van der Waals surface area contributed by atoms with Crippen LogP contribution in [0, 0.1) is 5.92 Å². The molecule has 1 unspecified atom stereocenters. The summed E-state index contributed by atoms with van der Waals surface area (Å²) in [4.78, 5) is 14.8. The first-order valence-electron chi connectivity index (χ1n) is 6.07. The molecule has 1 saturated carbocycles. The summed E-state index contributed by atoms with van der Waals surface area (Å²) >= 11 is 0. The molecule has 1 aromatic rings. The lowest BCUT2D eigenvalue weighted by Gasteiger charge is -2.12. The number of carboxylic acid groups (broad SMARTS) is 1. The fraction of sp³-hybridized carbons (Fsp3) is 0.538. The van der Waals surface area contributed by atoms with E-state index in [0.29, 0.717) is 12.6 Å². The molecule has 0 bridgehead atoms. The van der Waals surface area contributed by atoms with Crippen molar-refractivity contribution in [3.05, 3.63) is 29.6 Å². The third kappa shape index (κ3) is 3.82. The van der Waals surface area contributed by atoms with Crippen LogP contribution >= 0.6 is 0 Å². The van der Waals surface area contributed by atoms with Crippen molar-refractivity contribution in [3.63, 3.8) is 0 Å². The standard InChI is InChI=1S/C13H18N2O2/c1-9(6-10-2-3-10)14-8-12-5-4-11(7-15-12)13(16)17/h4-5,7,9-10,14H,2-3,6,8H2,1H3,(H,16,17). The van der Waals surface area contributed by atoms with Gasteiger partial charge in [0.25, 0.3) is 0 Å². The molecule has 4 heteroatoms. The lowest BCUT2D eigenvalue weighted by molar-refractivity contribution is 0.0696. The van der Waals surface area contributed by atoms with Gasteiger partial charge in [-0.1, -0.05) is 12.8 Å². The number of hydrogen-bond donors (Lipinski definition) is 2. The molecule has 1 aliphatic carbocycles. The Hall–Kier alpha value is -1.42. The molecular weight excluding hydrogens is 216 g/mol. The lowest BCUT2D eigenvalue weighted by atomic mass is 10.1.